The predicted molar refractivity (Wildman–Crippen MR) is 124 cm³/mol. The van der Waals surface area contributed by atoms with Crippen molar-refractivity contribution >= 4 is 35.1 Å². The van der Waals surface area contributed by atoms with Gasteiger partial charge in [-0.25, -0.2) is 5.01 Å². The molecule has 0 aromatic heterocycles. The topological polar surface area (TPSA) is 88.5 Å². The molecule has 8 nitrogen and oxygen atoms in total. The zero-order valence-corrected chi connectivity index (χ0v) is 19.2. The van der Waals surface area contributed by atoms with Crippen molar-refractivity contribution < 1.29 is 23.9 Å². The number of halogens is 1. The predicted octanol–water partition coefficient (Wildman–Crippen LogP) is 3.14. The first-order valence-corrected chi connectivity index (χ1v) is 11.0. The summed E-state index contributed by atoms with van der Waals surface area (Å²) in [5.74, 6) is -0.560. The van der Waals surface area contributed by atoms with Crippen LogP contribution in [-0.2, 0) is 19.1 Å². The summed E-state index contributed by atoms with van der Waals surface area (Å²) >= 11 is 5.82. The van der Waals surface area contributed by atoms with Crippen molar-refractivity contribution in [3.8, 4) is 5.75 Å². The van der Waals surface area contributed by atoms with Gasteiger partial charge in [-0.2, -0.15) is 5.10 Å². The fraction of sp³-hybridized carbons (Fsp3) is 0.333. The van der Waals surface area contributed by atoms with Crippen molar-refractivity contribution in [1.29, 1.82) is 0 Å². The van der Waals surface area contributed by atoms with Crippen LogP contribution in [0.1, 0.15) is 24.8 Å². The summed E-state index contributed by atoms with van der Waals surface area (Å²) in [5.41, 5.74) is 1.83. The van der Waals surface area contributed by atoms with E-state index in [1.807, 2.05) is 30.3 Å². The third-order valence-corrected chi connectivity index (χ3v) is 5.28. The molecule has 1 heterocycles. The number of nitrogens with zero attached hydrogens (tertiary/aromatic N) is 3. The first kappa shape index (κ1) is 24.3. The van der Waals surface area contributed by atoms with Crippen LogP contribution in [0, 0.1) is 0 Å². The summed E-state index contributed by atoms with van der Waals surface area (Å²) in [7, 11) is 1.60. The second-order valence-corrected chi connectivity index (χ2v) is 7.89. The van der Waals surface area contributed by atoms with Crippen LogP contribution in [0.2, 0.25) is 5.02 Å². The van der Waals surface area contributed by atoms with Crippen molar-refractivity contribution in [2.45, 2.75) is 19.3 Å². The molecule has 174 valence electrons. The molecule has 3 rings (SSSR count). The van der Waals surface area contributed by atoms with Gasteiger partial charge in [0.1, 0.15) is 12.4 Å². The molecule has 2 aromatic rings. The summed E-state index contributed by atoms with van der Waals surface area (Å²) in [6.45, 7) is 0.714. The Hall–Kier alpha value is -3.39. The molecule has 1 aliphatic heterocycles. The second kappa shape index (κ2) is 12.0. The molecule has 2 aromatic carbocycles. The summed E-state index contributed by atoms with van der Waals surface area (Å²) in [5, 5.41) is 6.36. The quantitative estimate of drug-likeness (QED) is 0.497. The number of rotatable bonds is 10. The standard InChI is InChI=1S/C24H26ClN3O5/c1-27(15-16-32-20-9-7-19(25)8-10-20)23(30)17-33-24(31)12-11-22(29)28-14-13-21(26-28)18-5-3-2-4-6-18/h2-10H,11-17H2,1H3. The number of hydrogen-bond acceptors (Lipinski definition) is 6. The summed E-state index contributed by atoms with van der Waals surface area (Å²) in [6, 6.07) is 16.6. The van der Waals surface area contributed by atoms with Gasteiger partial charge in [-0.05, 0) is 29.8 Å². The van der Waals surface area contributed by atoms with Gasteiger partial charge in [0.2, 0.25) is 5.91 Å². The summed E-state index contributed by atoms with van der Waals surface area (Å²) < 4.78 is 10.6. The molecule has 0 fully saturated rings. The highest BCUT2D eigenvalue weighted by molar-refractivity contribution is 6.30. The van der Waals surface area contributed by atoms with Crippen molar-refractivity contribution in [1.82, 2.24) is 9.91 Å². The smallest absolute Gasteiger partial charge is 0.306 e. The number of likely N-dealkylation sites (N-methyl/N-ethyl adjacent to an activating group) is 1. The molecular weight excluding hydrogens is 446 g/mol. The normalized spacial score (nSPS) is 12.8. The van der Waals surface area contributed by atoms with Gasteiger partial charge in [0, 0.05) is 24.9 Å². The lowest BCUT2D eigenvalue weighted by Gasteiger charge is -2.17. The van der Waals surface area contributed by atoms with Crippen LogP contribution in [0.15, 0.2) is 59.7 Å². The SMILES string of the molecule is CN(CCOc1ccc(Cl)cc1)C(=O)COC(=O)CCC(=O)N1CCC(c2ccccc2)=N1. The van der Waals surface area contributed by atoms with Gasteiger partial charge >= 0.3 is 5.97 Å². The lowest BCUT2D eigenvalue weighted by Crippen LogP contribution is -2.34. The lowest BCUT2D eigenvalue weighted by molar-refractivity contribution is -0.152. The Morgan fingerprint density at radius 1 is 1.06 bits per heavy atom. The Morgan fingerprint density at radius 3 is 2.52 bits per heavy atom. The Balaban J connectivity index is 1.32. The van der Waals surface area contributed by atoms with E-state index >= 15 is 0 Å². The van der Waals surface area contributed by atoms with E-state index in [-0.39, 0.29) is 37.9 Å². The first-order valence-electron chi connectivity index (χ1n) is 10.6. The van der Waals surface area contributed by atoms with E-state index in [9.17, 15) is 14.4 Å². The van der Waals surface area contributed by atoms with Crippen LogP contribution in [0.4, 0.5) is 0 Å². The van der Waals surface area contributed by atoms with Crippen LogP contribution in [0.3, 0.4) is 0 Å². The minimum absolute atomic E-state index is 0.0244. The molecule has 1 aliphatic rings. The molecule has 0 N–H and O–H groups in total. The minimum Gasteiger partial charge on any atom is -0.492 e. The van der Waals surface area contributed by atoms with Crippen molar-refractivity contribution in [2.24, 2.45) is 5.10 Å². The lowest BCUT2D eigenvalue weighted by atomic mass is 10.1. The Kier molecular flexibility index (Phi) is 8.83. The maximum absolute atomic E-state index is 12.3. The van der Waals surface area contributed by atoms with E-state index < -0.39 is 5.97 Å². The van der Waals surface area contributed by atoms with Crippen LogP contribution in [-0.4, -0.2) is 66.8 Å². The van der Waals surface area contributed by atoms with Crippen molar-refractivity contribution in [3.05, 3.63) is 65.2 Å². The van der Waals surface area contributed by atoms with E-state index in [2.05, 4.69) is 5.10 Å². The van der Waals surface area contributed by atoms with Crippen LogP contribution < -0.4 is 4.74 Å². The number of ether oxygens (including phenoxy) is 2. The van der Waals surface area contributed by atoms with Gasteiger partial charge in [0.05, 0.1) is 25.2 Å². The van der Waals surface area contributed by atoms with Gasteiger partial charge in [-0.15, -0.1) is 0 Å². The van der Waals surface area contributed by atoms with E-state index in [0.717, 1.165) is 11.3 Å². The van der Waals surface area contributed by atoms with Crippen molar-refractivity contribution in [3.63, 3.8) is 0 Å². The molecule has 0 unspecified atom stereocenters. The number of hydrogen-bond donors (Lipinski definition) is 0. The Bertz CT molecular complexity index is 995. The van der Waals surface area contributed by atoms with Crippen LogP contribution >= 0.6 is 11.6 Å². The fourth-order valence-corrected chi connectivity index (χ4v) is 3.22. The molecule has 33 heavy (non-hydrogen) atoms. The number of carbonyl (C=O) groups is 3. The third kappa shape index (κ3) is 7.61. The highest BCUT2D eigenvalue weighted by atomic mass is 35.5. The number of esters is 1. The molecule has 0 radical (unpaired) electrons. The molecule has 0 saturated heterocycles. The Labute approximate surface area is 197 Å². The molecule has 0 atom stereocenters. The third-order valence-electron chi connectivity index (χ3n) is 5.03. The van der Waals surface area contributed by atoms with Gasteiger partial charge in [-0.1, -0.05) is 41.9 Å². The minimum atomic E-state index is -0.603. The Morgan fingerprint density at radius 2 is 1.79 bits per heavy atom. The highest BCUT2D eigenvalue weighted by Crippen LogP contribution is 2.16. The maximum Gasteiger partial charge on any atom is 0.306 e. The molecular formula is C24H26ClN3O5. The number of carbonyl (C=O) groups excluding carboxylic acids is 3. The van der Waals surface area contributed by atoms with Gasteiger partial charge in [-0.3, -0.25) is 14.4 Å². The van der Waals surface area contributed by atoms with Crippen molar-refractivity contribution in [2.75, 3.05) is 33.4 Å². The largest absolute Gasteiger partial charge is 0.492 e. The maximum atomic E-state index is 12.3. The van der Waals surface area contributed by atoms with E-state index in [0.29, 0.717) is 30.3 Å². The average molecular weight is 472 g/mol. The fourth-order valence-electron chi connectivity index (χ4n) is 3.09. The molecule has 0 aliphatic carbocycles. The van der Waals surface area contributed by atoms with Gasteiger partial charge in [0.15, 0.2) is 6.61 Å². The highest BCUT2D eigenvalue weighted by Gasteiger charge is 2.22. The number of hydrazone groups is 1. The zero-order chi connectivity index (χ0) is 23.6. The molecule has 9 heteroatoms. The van der Waals surface area contributed by atoms with Gasteiger partial charge in [0.25, 0.3) is 5.91 Å². The van der Waals surface area contributed by atoms with E-state index in [1.165, 1.54) is 9.91 Å². The van der Waals surface area contributed by atoms with E-state index in [4.69, 9.17) is 21.1 Å². The molecule has 0 spiro atoms. The van der Waals surface area contributed by atoms with Crippen LogP contribution in [0.5, 0.6) is 5.75 Å². The van der Waals surface area contributed by atoms with Gasteiger partial charge < -0.3 is 14.4 Å². The van der Waals surface area contributed by atoms with Crippen LogP contribution in [0.25, 0.3) is 0 Å². The number of amides is 2. The summed E-state index contributed by atoms with van der Waals surface area (Å²) in [4.78, 5) is 37.9. The van der Waals surface area contributed by atoms with E-state index in [1.54, 1.807) is 31.3 Å². The average Bonchev–Trinajstić information content (AvgIpc) is 3.33. The molecule has 0 saturated carbocycles. The molecule has 0 bridgehead atoms. The molecule has 2 amide bonds. The second-order valence-electron chi connectivity index (χ2n) is 7.46. The number of benzene rings is 2. The first-order chi connectivity index (χ1) is 15.9. The summed E-state index contributed by atoms with van der Waals surface area (Å²) in [6.07, 6.45) is 0.536. The monoisotopic (exact) mass is 471 g/mol. The zero-order valence-electron chi connectivity index (χ0n) is 18.4.